The van der Waals surface area contributed by atoms with E-state index in [1.165, 1.54) is 0 Å². The van der Waals surface area contributed by atoms with Gasteiger partial charge in [-0.05, 0) is 28.5 Å². The van der Waals surface area contributed by atoms with E-state index in [0.29, 0.717) is 5.75 Å². The normalized spacial score (nSPS) is 12.9. The lowest BCUT2D eigenvalue weighted by molar-refractivity contribution is -0.136. The first-order valence-corrected chi connectivity index (χ1v) is 5.26. The van der Waals surface area contributed by atoms with Crippen molar-refractivity contribution in [1.29, 1.82) is 0 Å². The highest BCUT2D eigenvalue weighted by Gasteiger charge is 2.14. The summed E-state index contributed by atoms with van der Waals surface area (Å²) in [5, 5.41) is 10.7. The third-order valence-corrected chi connectivity index (χ3v) is 2.75. The number of fused-ring (bicyclic) bond motifs is 2. The van der Waals surface area contributed by atoms with Crippen molar-refractivity contribution in [3.8, 4) is 11.5 Å². The van der Waals surface area contributed by atoms with Crippen LogP contribution in [0.5, 0.6) is 11.5 Å². The van der Waals surface area contributed by atoms with Crippen molar-refractivity contribution in [3.63, 3.8) is 0 Å². The van der Waals surface area contributed by atoms with E-state index >= 15 is 0 Å². The monoisotopic (exact) mass is 230 g/mol. The van der Waals surface area contributed by atoms with Gasteiger partial charge >= 0.3 is 5.97 Å². The van der Waals surface area contributed by atoms with Gasteiger partial charge < -0.3 is 14.6 Å². The average Bonchev–Trinajstić information content (AvgIpc) is 2.72. The second-order valence-electron chi connectivity index (χ2n) is 3.96. The van der Waals surface area contributed by atoms with Gasteiger partial charge in [-0.1, -0.05) is 18.2 Å². The highest BCUT2D eigenvalue weighted by atomic mass is 16.7. The Bertz CT molecular complexity index is 604. The number of aliphatic carboxylic acids is 1. The van der Waals surface area contributed by atoms with Gasteiger partial charge in [-0.3, -0.25) is 4.79 Å². The standard InChI is InChI=1S/C13H10O4/c14-13(15)4-8-1-2-9-5-11-12(17-7-16-11)6-10(9)3-8/h1-3,5-6H,4,7H2,(H,14,15). The third-order valence-electron chi connectivity index (χ3n) is 2.75. The number of carboxylic acids is 1. The van der Waals surface area contributed by atoms with Gasteiger partial charge in [0, 0.05) is 0 Å². The minimum atomic E-state index is -0.829. The van der Waals surface area contributed by atoms with Crippen LogP contribution in [0.25, 0.3) is 10.8 Å². The van der Waals surface area contributed by atoms with Crippen LogP contribution in [0.15, 0.2) is 30.3 Å². The molecule has 4 nitrogen and oxygen atoms in total. The maximum Gasteiger partial charge on any atom is 0.307 e. The van der Waals surface area contributed by atoms with Gasteiger partial charge in [0.2, 0.25) is 6.79 Å². The second-order valence-corrected chi connectivity index (χ2v) is 3.96. The van der Waals surface area contributed by atoms with E-state index in [1.54, 1.807) is 0 Å². The molecule has 0 fully saturated rings. The van der Waals surface area contributed by atoms with Gasteiger partial charge in [0.15, 0.2) is 11.5 Å². The molecule has 4 heteroatoms. The first-order chi connectivity index (χ1) is 8.22. The first kappa shape index (κ1) is 9.96. The molecule has 1 aliphatic heterocycles. The van der Waals surface area contributed by atoms with Gasteiger partial charge in [-0.15, -0.1) is 0 Å². The van der Waals surface area contributed by atoms with Crippen molar-refractivity contribution in [2.45, 2.75) is 6.42 Å². The lowest BCUT2D eigenvalue weighted by Gasteiger charge is -2.03. The van der Waals surface area contributed by atoms with Crippen LogP contribution in [0.3, 0.4) is 0 Å². The van der Waals surface area contributed by atoms with E-state index in [4.69, 9.17) is 14.6 Å². The van der Waals surface area contributed by atoms with Crippen LogP contribution >= 0.6 is 0 Å². The van der Waals surface area contributed by atoms with Crippen LogP contribution in [0, 0.1) is 0 Å². The van der Waals surface area contributed by atoms with E-state index in [9.17, 15) is 4.79 Å². The molecule has 2 aromatic carbocycles. The molecule has 1 aliphatic rings. The van der Waals surface area contributed by atoms with Gasteiger partial charge in [0.1, 0.15) is 0 Å². The second kappa shape index (κ2) is 3.66. The Hall–Kier alpha value is -2.23. The summed E-state index contributed by atoms with van der Waals surface area (Å²) in [6.07, 6.45) is 0.0321. The highest BCUT2D eigenvalue weighted by molar-refractivity contribution is 5.87. The fourth-order valence-electron chi connectivity index (χ4n) is 1.97. The zero-order valence-corrected chi connectivity index (χ0v) is 8.97. The van der Waals surface area contributed by atoms with Crippen LogP contribution in [0.1, 0.15) is 5.56 Å². The van der Waals surface area contributed by atoms with Crippen molar-refractivity contribution >= 4 is 16.7 Å². The molecule has 0 spiro atoms. The number of carbonyl (C=O) groups is 1. The van der Waals surface area contributed by atoms with Crippen LogP contribution in [-0.2, 0) is 11.2 Å². The minimum absolute atomic E-state index is 0.0321. The molecule has 0 atom stereocenters. The number of carboxylic acid groups (broad SMARTS) is 1. The summed E-state index contributed by atoms with van der Waals surface area (Å²) < 4.78 is 10.6. The molecule has 0 bridgehead atoms. The molecule has 2 aromatic rings. The Labute approximate surface area is 97.4 Å². The largest absolute Gasteiger partial charge is 0.481 e. The number of ether oxygens (including phenoxy) is 2. The Kier molecular flexibility index (Phi) is 2.14. The molecule has 1 heterocycles. The summed E-state index contributed by atoms with van der Waals surface area (Å²) in [5.41, 5.74) is 0.781. The fraction of sp³-hybridized carbons (Fsp3) is 0.154. The summed E-state index contributed by atoms with van der Waals surface area (Å²) in [5.74, 6) is 0.624. The van der Waals surface area contributed by atoms with Gasteiger partial charge in [0.05, 0.1) is 6.42 Å². The van der Waals surface area contributed by atoms with E-state index in [2.05, 4.69) is 0 Å². The molecule has 0 saturated heterocycles. The first-order valence-electron chi connectivity index (χ1n) is 5.26. The quantitative estimate of drug-likeness (QED) is 0.859. The summed E-state index contributed by atoms with van der Waals surface area (Å²) in [4.78, 5) is 10.6. The van der Waals surface area contributed by atoms with Crippen LogP contribution in [-0.4, -0.2) is 17.9 Å². The van der Waals surface area contributed by atoms with Crippen molar-refractivity contribution in [2.75, 3.05) is 6.79 Å². The van der Waals surface area contributed by atoms with Crippen molar-refractivity contribution in [3.05, 3.63) is 35.9 Å². The topological polar surface area (TPSA) is 55.8 Å². The molecular formula is C13H10O4. The Morgan fingerprint density at radius 1 is 1.12 bits per heavy atom. The number of hydrogen-bond acceptors (Lipinski definition) is 3. The van der Waals surface area contributed by atoms with Crippen LogP contribution < -0.4 is 9.47 Å². The molecule has 0 radical (unpaired) electrons. The Morgan fingerprint density at radius 3 is 2.53 bits per heavy atom. The molecule has 0 amide bonds. The number of benzene rings is 2. The molecular weight excluding hydrogens is 220 g/mol. The molecule has 3 rings (SSSR count). The van der Waals surface area contributed by atoms with E-state index in [0.717, 1.165) is 22.1 Å². The smallest absolute Gasteiger partial charge is 0.307 e. The Morgan fingerprint density at radius 2 is 1.82 bits per heavy atom. The lowest BCUT2D eigenvalue weighted by atomic mass is 10.0. The minimum Gasteiger partial charge on any atom is -0.481 e. The SMILES string of the molecule is O=C(O)Cc1ccc2cc3c(cc2c1)OCO3. The molecule has 0 saturated carbocycles. The summed E-state index contributed by atoms with van der Waals surface area (Å²) in [7, 11) is 0. The predicted molar refractivity (Wildman–Crippen MR) is 61.4 cm³/mol. The maximum atomic E-state index is 10.6. The van der Waals surface area contributed by atoms with Crippen LogP contribution in [0.2, 0.25) is 0 Å². The summed E-state index contributed by atoms with van der Waals surface area (Å²) in [6.45, 7) is 0.244. The molecule has 0 aromatic heterocycles. The predicted octanol–water partition coefficient (Wildman–Crippen LogP) is 2.20. The Balaban J connectivity index is 2.10. The lowest BCUT2D eigenvalue weighted by Crippen LogP contribution is -1.99. The fourth-order valence-corrected chi connectivity index (χ4v) is 1.97. The molecule has 86 valence electrons. The zero-order chi connectivity index (χ0) is 11.8. The van der Waals surface area contributed by atoms with Gasteiger partial charge in [0.25, 0.3) is 0 Å². The van der Waals surface area contributed by atoms with Crippen molar-refractivity contribution in [1.82, 2.24) is 0 Å². The maximum absolute atomic E-state index is 10.6. The molecule has 1 N–H and O–H groups in total. The zero-order valence-electron chi connectivity index (χ0n) is 8.97. The van der Waals surface area contributed by atoms with E-state index < -0.39 is 5.97 Å². The summed E-state index contributed by atoms with van der Waals surface area (Å²) >= 11 is 0. The highest BCUT2D eigenvalue weighted by Crippen LogP contribution is 2.36. The van der Waals surface area contributed by atoms with E-state index in [-0.39, 0.29) is 13.2 Å². The van der Waals surface area contributed by atoms with Crippen molar-refractivity contribution in [2.24, 2.45) is 0 Å². The molecule has 0 unspecified atom stereocenters. The molecule has 0 aliphatic carbocycles. The van der Waals surface area contributed by atoms with Gasteiger partial charge in [-0.25, -0.2) is 0 Å². The average molecular weight is 230 g/mol. The number of hydrogen-bond donors (Lipinski definition) is 1. The third kappa shape index (κ3) is 1.78. The van der Waals surface area contributed by atoms with Crippen molar-refractivity contribution < 1.29 is 19.4 Å². The van der Waals surface area contributed by atoms with Gasteiger partial charge in [-0.2, -0.15) is 0 Å². The molecule has 17 heavy (non-hydrogen) atoms. The number of rotatable bonds is 2. The van der Waals surface area contributed by atoms with E-state index in [1.807, 2.05) is 30.3 Å². The summed E-state index contributed by atoms with van der Waals surface area (Å²) in [6, 6.07) is 9.37. The van der Waals surface area contributed by atoms with Crippen LogP contribution in [0.4, 0.5) is 0 Å².